The quantitative estimate of drug-likeness (QED) is 0.649. The van der Waals surface area contributed by atoms with Crippen LogP contribution >= 0.6 is 0 Å². The van der Waals surface area contributed by atoms with Crippen LogP contribution in [0.15, 0.2) is 55.5 Å². The van der Waals surface area contributed by atoms with E-state index in [0.29, 0.717) is 30.0 Å². The normalized spacial score (nSPS) is 10.6. The fourth-order valence-corrected chi connectivity index (χ4v) is 2.72. The summed E-state index contributed by atoms with van der Waals surface area (Å²) in [7, 11) is 1.75. The SMILES string of the molecule is C=CCOc1cccn2c(N(C)C(=O)c3ccncc3)c(CC)nc12. The molecule has 6 heteroatoms. The number of nitrogens with zero attached hydrogens (tertiary/aromatic N) is 4. The van der Waals surface area contributed by atoms with Gasteiger partial charge in [-0.05, 0) is 30.7 Å². The molecule has 3 aromatic heterocycles. The molecule has 0 atom stereocenters. The van der Waals surface area contributed by atoms with Gasteiger partial charge in [0.1, 0.15) is 12.4 Å². The Hall–Kier alpha value is -3.15. The van der Waals surface area contributed by atoms with Gasteiger partial charge in [-0.2, -0.15) is 0 Å². The van der Waals surface area contributed by atoms with Crippen molar-refractivity contribution >= 4 is 17.4 Å². The summed E-state index contributed by atoms with van der Waals surface area (Å²) in [5.74, 6) is 1.28. The molecule has 0 saturated heterocycles. The fourth-order valence-electron chi connectivity index (χ4n) is 2.72. The van der Waals surface area contributed by atoms with E-state index < -0.39 is 0 Å². The Balaban J connectivity index is 2.08. The van der Waals surface area contributed by atoms with Crippen molar-refractivity contribution in [3.63, 3.8) is 0 Å². The first-order chi connectivity index (χ1) is 12.2. The Kier molecular flexibility index (Phi) is 4.79. The Labute approximate surface area is 146 Å². The van der Waals surface area contributed by atoms with E-state index in [9.17, 15) is 4.79 Å². The molecule has 6 nitrogen and oxygen atoms in total. The number of imidazole rings is 1. The van der Waals surface area contributed by atoms with E-state index in [2.05, 4.69) is 16.5 Å². The number of hydrogen-bond acceptors (Lipinski definition) is 4. The second kappa shape index (κ2) is 7.17. The topological polar surface area (TPSA) is 59.7 Å². The molecule has 1 amide bonds. The molecule has 3 aromatic rings. The highest BCUT2D eigenvalue weighted by atomic mass is 16.5. The number of carbonyl (C=O) groups excluding carboxylic acids is 1. The van der Waals surface area contributed by atoms with Crippen molar-refractivity contribution in [1.82, 2.24) is 14.4 Å². The summed E-state index contributed by atoms with van der Waals surface area (Å²) in [4.78, 5) is 23.1. The smallest absolute Gasteiger partial charge is 0.259 e. The van der Waals surface area contributed by atoms with Gasteiger partial charge in [-0.15, -0.1) is 0 Å². The van der Waals surface area contributed by atoms with Gasteiger partial charge in [0.2, 0.25) is 0 Å². The molecule has 25 heavy (non-hydrogen) atoms. The predicted octanol–water partition coefficient (Wildman–Crippen LogP) is 3.13. The van der Waals surface area contributed by atoms with Crippen LogP contribution in [0, 0.1) is 0 Å². The maximum absolute atomic E-state index is 12.8. The van der Waals surface area contributed by atoms with Gasteiger partial charge >= 0.3 is 0 Å². The molecule has 0 radical (unpaired) electrons. The molecule has 0 spiro atoms. The largest absolute Gasteiger partial charge is 0.486 e. The molecule has 0 aromatic carbocycles. The highest BCUT2D eigenvalue weighted by Gasteiger charge is 2.22. The number of rotatable bonds is 6. The van der Waals surface area contributed by atoms with E-state index in [1.807, 2.05) is 29.7 Å². The highest BCUT2D eigenvalue weighted by Crippen LogP contribution is 2.28. The zero-order chi connectivity index (χ0) is 17.8. The lowest BCUT2D eigenvalue weighted by molar-refractivity contribution is 0.0992. The lowest BCUT2D eigenvalue weighted by Gasteiger charge is -2.18. The molecule has 0 bridgehead atoms. The summed E-state index contributed by atoms with van der Waals surface area (Å²) in [6, 6.07) is 7.14. The standard InChI is InChI=1S/C19H20N4O2/c1-4-13-25-16-7-6-12-23-17(16)21-15(5-2)18(23)22(3)19(24)14-8-10-20-11-9-14/h4,6-12H,1,5,13H2,2-3H3. The third-order valence-corrected chi connectivity index (χ3v) is 3.90. The molecule has 3 rings (SSSR count). The van der Waals surface area contributed by atoms with Gasteiger partial charge in [0, 0.05) is 31.2 Å². The van der Waals surface area contributed by atoms with Gasteiger partial charge in [0.15, 0.2) is 11.4 Å². The number of anilines is 1. The van der Waals surface area contributed by atoms with Gasteiger partial charge in [-0.3, -0.25) is 19.1 Å². The van der Waals surface area contributed by atoms with E-state index in [1.54, 1.807) is 42.6 Å². The van der Waals surface area contributed by atoms with Gasteiger partial charge in [-0.25, -0.2) is 4.98 Å². The molecule has 0 N–H and O–H groups in total. The average molecular weight is 336 g/mol. The van der Waals surface area contributed by atoms with Crippen molar-refractivity contribution in [3.05, 3.63) is 66.8 Å². The minimum absolute atomic E-state index is 0.115. The van der Waals surface area contributed by atoms with Crippen LogP contribution in [0.3, 0.4) is 0 Å². The molecular formula is C19H20N4O2. The van der Waals surface area contributed by atoms with E-state index in [-0.39, 0.29) is 5.91 Å². The summed E-state index contributed by atoms with van der Waals surface area (Å²) in [5, 5.41) is 0. The van der Waals surface area contributed by atoms with E-state index in [4.69, 9.17) is 4.74 Å². The molecule has 0 saturated carbocycles. The van der Waals surface area contributed by atoms with Crippen LogP contribution in [-0.2, 0) is 6.42 Å². The maximum atomic E-state index is 12.8. The minimum atomic E-state index is -0.115. The minimum Gasteiger partial charge on any atom is -0.486 e. The maximum Gasteiger partial charge on any atom is 0.259 e. The summed E-state index contributed by atoms with van der Waals surface area (Å²) < 4.78 is 7.58. The van der Waals surface area contributed by atoms with Crippen molar-refractivity contribution in [2.75, 3.05) is 18.6 Å². The first-order valence-corrected chi connectivity index (χ1v) is 8.09. The molecule has 0 fully saturated rings. The number of pyridine rings is 2. The lowest BCUT2D eigenvalue weighted by atomic mass is 10.2. The van der Waals surface area contributed by atoms with E-state index >= 15 is 0 Å². The molecule has 0 unspecified atom stereocenters. The van der Waals surface area contributed by atoms with Crippen molar-refractivity contribution in [1.29, 1.82) is 0 Å². The monoisotopic (exact) mass is 336 g/mol. The first-order valence-electron chi connectivity index (χ1n) is 8.09. The summed E-state index contributed by atoms with van der Waals surface area (Å²) >= 11 is 0. The predicted molar refractivity (Wildman–Crippen MR) is 97.2 cm³/mol. The second-order valence-corrected chi connectivity index (χ2v) is 5.50. The Morgan fingerprint density at radius 3 is 2.80 bits per heavy atom. The number of hydrogen-bond donors (Lipinski definition) is 0. The first kappa shape index (κ1) is 16.7. The van der Waals surface area contributed by atoms with Gasteiger partial charge in [0.05, 0.1) is 5.69 Å². The molecule has 0 aliphatic rings. The summed E-state index contributed by atoms with van der Waals surface area (Å²) in [6.45, 7) is 6.08. The third kappa shape index (κ3) is 3.10. The molecule has 0 aliphatic heterocycles. The zero-order valence-electron chi connectivity index (χ0n) is 14.3. The fraction of sp³-hybridized carbons (Fsp3) is 0.211. The Morgan fingerprint density at radius 1 is 1.36 bits per heavy atom. The van der Waals surface area contributed by atoms with E-state index in [1.165, 1.54) is 0 Å². The molecular weight excluding hydrogens is 316 g/mol. The van der Waals surface area contributed by atoms with Crippen LogP contribution < -0.4 is 9.64 Å². The second-order valence-electron chi connectivity index (χ2n) is 5.50. The summed E-state index contributed by atoms with van der Waals surface area (Å²) in [5.41, 5.74) is 2.10. The average Bonchev–Trinajstić information content (AvgIpc) is 3.05. The number of ether oxygens (including phenoxy) is 1. The zero-order valence-corrected chi connectivity index (χ0v) is 14.3. The Bertz CT molecular complexity index is 902. The third-order valence-electron chi connectivity index (χ3n) is 3.90. The van der Waals surface area contributed by atoms with Crippen LogP contribution in [0.1, 0.15) is 23.0 Å². The van der Waals surface area contributed by atoms with Crippen LogP contribution in [0.2, 0.25) is 0 Å². The number of fused-ring (bicyclic) bond motifs is 1. The Morgan fingerprint density at radius 2 is 2.12 bits per heavy atom. The number of amides is 1. The number of aromatic nitrogens is 3. The highest BCUT2D eigenvalue weighted by molar-refractivity contribution is 6.05. The van der Waals surface area contributed by atoms with Gasteiger partial charge in [-0.1, -0.05) is 19.6 Å². The van der Waals surface area contributed by atoms with Gasteiger partial charge in [0.25, 0.3) is 5.91 Å². The van der Waals surface area contributed by atoms with Crippen LogP contribution in [0.5, 0.6) is 5.75 Å². The lowest BCUT2D eigenvalue weighted by Crippen LogP contribution is -2.28. The van der Waals surface area contributed by atoms with Crippen molar-refractivity contribution in [2.45, 2.75) is 13.3 Å². The summed E-state index contributed by atoms with van der Waals surface area (Å²) in [6.07, 6.45) is 7.49. The van der Waals surface area contributed by atoms with Crippen molar-refractivity contribution in [2.24, 2.45) is 0 Å². The van der Waals surface area contributed by atoms with Crippen LogP contribution in [0.25, 0.3) is 5.65 Å². The van der Waals surface area contributed by atoms with E-state index in [0.717, 1.165) is 11.5 Å². The molecule has 3 heterocycles. The number of carbonyl (C=O) groups is 1. The van der Waals surface area contributed by atoms with Crippen LogP contribution in [-0.4, -0.2) is 33.9 Å². The van der Waals surface area contributed by atoms with Gasteiger partial charge < -0.3 is 4.74 Å². The number of aryl methyl sites for hydroxylation is 1. The molecule has 128 valence electrons. The molecule has 0 aliphatic carbocycles. The van der Waals surface area contributed by atoms with Crippen molar-refractivity contribution < 1.29 is 9.53 Å². The van der Waals surface area contributed by atoms with Crippen LogP contribution in [0.4, 0.5) is 5.82 Å². The van der Waals surface area contributed by atoms with Crippen molar-refractivity contribution in [3.8, 4) is 5.75 Å².